The zero-order valence-electron chi connectivity index (χ0n) is 12.2. The molecule has 0 aromatic carbocycles. The van der Waals surface area contributed by atoms with Crippen LogP contribution in [0.15, 0.2) is 11.6 Å². The predicted molar refractivity (Wildman–Crippen MR) is 76.6 cm³/mol. The molecule has 1 saturated heterocycles. The standard InChI is InChI=1S/C16H24N2O2/c1-10-2-3-13(16(17)20)9-18(10)15(19)8-14(11-4-5-11)12-6-7-12/h8,10-13H,2-7,9H2,1H3,(H2,17,20)/t10-,13-/m1/s1. The van der Waals surface area contributed by atoms with E-state index in [1.54, 1.807) is 0 Å². The van der Waals surface area contributed by atoms with E-state index in [1.165, 1.54) is 31.3 Å². The lowest BCUT2D eigenvalue weighted by atomic mass is 9.92. The van der Waals surface area contributed by atoms with Gasteiger partial charge in [-0.15, -0.1) is 0 Å². The zero-order valence-corrected chi connectivity index (χ0v) is 12.2. The second-order valence-electron chi connectivity index (χ2n) is 6.71. The summed E-state index contributed by atoms with van der Waals surface area (Å²) in [4.78, 5) is 25.8. The number of allylic oxidation sites excluding steroid dienone is 1. The molecule has 4 nitrogen and oxygen atoms in total. The summed E-state index contributed by atoms with van der Waals surface area (Å²) in [5.41, 5.74) is 6.78. The largest absolute Gasteiger partial charge is 0.369 e. The smallest absolute Gasteiger partial charge is 0.246 e. The van der Waals surface area contributed by atoms with E-state index in [0.29, 0.717) is 18.4 Å². The fourth-order valence-corrected chi connectivity index (χ4v) is 3.27. The fraction of sp³-hybridized carbons (Fsp3) is 0.750. The Labute approximate surface area is 120 Å². The number of piperidine rings is 1. The van der Waals surface area contributed by atoms with E-state index in [2.05, 4.69) is 6.92 Å². The number of carbonyl (C=O) groups excluding carboxylic acids is 2. The van der Waals surface area contributed by atoms with Gasteiger partial charge >= 0.3 is 0 Å². The van der Waals surface area contributed by atoms with Crippen molar-refractivity contribution in [3.05, 3.63) is 11.6 Å². The molecular formula is C16H24N2O2. The van der Waals surface area contributed by atoms with Gasteiger partial charge in [0, 0.05) is 18.7 Å². The normalized spacial score (nSPS) is 29.9. The van der Waals surface area contributed by atoms with Crippen molar-refractivity contribution in [3.63, 3.8) is 0 Å². The maximum Gasteiger partial charge on any atom is 0.246 e. The van der Waals surface area contributed by atoms with Gasteiger partial charge in [-0.25, -0.2) is 0 Å². The summed E-state index contributed by atoms with van der Waals surface area (Å²) in [6.45, 7) is 2.56. The number of carbonyl (C=O) groups is 2. The minimum atomic E-state index is -0.275. The third-order valence-corrected chi connectivity index (χ3v) is 4.96. The lowest BCUT2D eigenvalue weighted by Crippen LogP contribution is -2.48. The van der Waals surface area contributed by atoms with E-state index in [1.807, 2.05) is 11.0 Å². The molecule has 4 heteroatoms. The highest BCUT2D eigenvalue weighted by Crippen LogP contribution is 2.48. The molecule has 2 aliphatic carbocycles. The molecular weight excluding hydrogens is 252 g/mol. The average Bonchev–Trinajstić information content (AvgIpc) is 3.28. The number of rotatable bonds is 4. The molecule has 1 heterocycles. The summed E-state index contributed by atoms with van der Waals surface area (Å²) in [7, 11) is 0. The van der Waals surface area contributed by atoms with Gasteiger partial charge in [0.2, 0.25) is 11.8 Å². The van der Waals surface area contributed by atoms with E-state index in [0.717, 1.165) is 12.8 Å². The van der Waals surface area contributed by atoms with Crippen LogP contribution in [0.5, 0.6) is 0 Å². The summed E-state index contributed by atoms with van der Waals surface area (Å²) in [5.74, 6) is 0.978. The number of hydrogen-bond donors (Lipinski definition) is 1. The minimum Gasteiger partial charge on any atom is -0.369 e. The van der Waals surface area contributed by atoms with Crippen molar-refractivity contribution < 1.29 is 9.59 Å². The second-order valence-corrected chi connectivity index (χ2v) is 6.71. The van der Waals surface area contributed by atoms with Crippen LogP contribution in [0.25, 0.3) is 0 Å². The van der Waals surface area contributed by atoms with E-state index >= 15 is 0 Å². The quantitative estimate of drug-likeness (QED) is 0.796. The molecule has 0 spiro atoms. The monoisotopic (exact) mass is 276 g/mol. The highest BCUT2D eigenvalue weighted by Gasteiger charge is 2.38. The maximum absolute atomic E-state index is 12.5. The van der Waals surface area contributed by atoms with Gasteiger partial charge in [-0.3, -0.25) is 9.59 Å². The van der Waals surface area contributed by atoms with E-state index in [4.69, 9.17) is 5.73 Å². The van der Waals surface area contributed by atoms with Crippen LogP contribution in [0.4, 0.5) is 0 Å². The molecule has 3 rings (SSSR count). The van der Waals surface area contributed by atoms with Gasteiger partial charge in [-0.2, -0.15) is 0 Å². The minimum absolute atomic E-state index is 0.0947. The van der Waals surface area contributed by atoms with Gasteiger partial charge < -0.3 is 10.6 Å². The summed E-state index contributed by atoms with van der Waals surface area (Å²) in [5, 5.41) is 0. The Morgan fingerprint density at radius 3 is 2.05 bits per heavy atom. The first kappa shape index (κ1) is 13.7. The number of likely N-dealkylation sites (tertiary alicyclic amines) is 1. The highest BCUT2D eigenvalue weighted by molar-refractivity contribution is 5.89. The van der Waals surface area contributed by atoms with Crippen LogP contribution in [0.1, 0.15) is 45.4 Å². The summed E-state index contributed by atoms with van der Waals surface area (Å²) in [6, 6.07) is 0.217. The molecule has 0 unspecified atom stereocenters. The van der Waals surface area contributed by atoms with Crippen molar-refractivity contribution in [2.24, 2.45) is 23.5 Å². The Morgan fingerprint density at radius 2 is 1.55 bits per heavy atom. The predicted octanol–water partition coefficient (Wildman–Crippen LogP) is 1.85. The number of primary amides is 1. The Morgan fingerprint density at radius 1 is 1.00 bits per heavy atom. The first-order valence-corrected chi connectivity index (χ1v) is 7.87. The zero-order chi connectivity index (χ0) is 14.3. The van der Waals surface area contributed by atoms with Crippen LogP contribution >= 0.6 is 0 Å². The molecule has 110 valence electrons. The Hall–Kier alpha value is -1.32. The number of amides is 2. The van der Waals surface area contributed by atoms with Crippen LogP contribution < -0.4 is 5.73 Å². The van der Waals surface area contributed by atoms with Crippen molar-refractivity contribution in [3.8, 4) is 0 Å². The van der Waals surface area contributed by atoms with Crippen LogP contribution in [0.3, 0.4) is 0 Å². The average molecular weight is 276 g/mol. The molecule has 0 bridgehead atoms. The maximum atomic E-state index is 12.5. The third kappa shape index (κ3) is 2.89. The topological polar surface area (TPSA) is 63.4 Å². The molecule has 3 aliphatic rings. The molecule has 0 radical (unpaired) electrons. The molecule has 2 amide bonds. The molecule has 2 saturated carbocycles. The molecule has 2 N–H and O–H groups in total. The van der Waals surface area contributed by atoms with E-state index < -0.39 is 0 Å². The number of nitrogens with two attached hydrogens (primary N) is 1. The van der Waals surface area contributed by atoms with Crippen molar-refractivity contribution >= 4 is 11.8 Å². The molecule has 20 heavy (non-hydrogen) atoms. The Kier molecular flexibility index (Phi) is 3.57. The van der Waals surface area contributed by atoms with Gasteiger partial charge in [0.05, 0.1) is 5.92 Å². The van der Waals surface area contributed by atoms with Crippen molar-refractivity contribution in [2.45, 2.75) is 51.5 Å². The van der Waals surface area contributed by atoms with Gasteiger partial charge in [0.15, 0.2) is 0 Å². The van der Waals surface area contributed by atoms with Gasteiger partial charge in [0.25, 0.3) is 0 Å². The Bertz CT molecular complexity index is 435. The number of nitrogens with zero attached hydrogens (tertiary/aromatic N) is 1. The third-order valence-electron chi connectivity index (χ3n) is 4.96. The first-order valence-electron chi connectivity index (χ1n) is 7.87. The van der Waals surface area contributed by atoms with Gasteiger partial charge in [-0.05, 0) is 57.3 Å². The van der Waals surface area contributed by atoms with Crippen LogP contribution in [-0.2, 0) is 9.59 Å². The van der Waals surface area contributed by atoms with Crippen molar-refractivity contribution in [1.29, 1.82) is 0 Å². The summed E-state index contributed by atoms with van der Waals surface area (Å²) in [6.07, 6.45) is 8.54. The van der Waals surface area contributed by atoms with Crippen LogP contribution in [0.2, 0.25) is 0 Å². The first-order chi connectivity index (χ1) is 9.56. The summed E-state index contributed by atoms with van der Waals surface area (Å²) < 4.78 is 0. The molecule has 3 fully saturated rings. The lowest BCUT2D eigenvalue weighted by molar-refractivity contribution is -0.133. The molecule has 0 aromatic heterocycles. The number of hydrogen-bond acceptors (Lipinski definition) is 2. The van der Waals surface area contributed by atoms with E-state index in [9.17, 15) is 9.59 Å². The highest BCUT2D eigenvalue weighted by atomic mass is 16.2. The van der Waals surface area contributed by atoms with Crippen molar-refractivity contribution in [2.75, 3.05) is 6.54 Å². The van der Waals surface area contributed by atoms with Crippen molar-refractivity contribution in [1.82, 2.24) is 4.90 Å². The summed E-state index contributed by atoms with van der Waals surface area (Å²) >= 11 is 0. The van der Waals surface area contributed by atoms with Gasteiger partial charge in [-0.1, -0.05) is 5.57 Å². The molecule has 2 atom stereocenters. The molecule has 1 aliphatic heterocycles. The lowest BCUT2D eigenvalue weighted by Gasteiger charge is -2.36. The van der Waals surface area contributed by atoms with Crippen LogP contribution in [0, 0.1) is 17.8 Å². The Balaban J connectivity index is 1.71. The van der Waals surface area contributed by atoms with E-state index in [-0.39, 0.29) is 23.8 Å². The fourth-order valence-electron chi connectivity index (χ4n) is 3.27. The van der Waals surface area contributed by atoms with Crippen LogP contribution in [-0.4, -0.2) is 29.3 Å². The SMILES string of the molecule is C[C@@H]1CC[C@@H](C(N)=O)CN1C(=O)C=C(C1CC1)C1CC1. The van der Waals surface area contributed by atoms with Gasteiger partial charge in [0.1, 0.15) is 0 Å². The molecule has 0 aromatic rings. The second kappa shape index (κ2) is 5.23.